The molecule has 2 nitrogen and oxygen atoms in total. The highest BCUT2D eigenvalue weighted by Gasteiger charge is 2.29. The fraction of sp³-hybridized carbons (Fsp3) is 0.571. The number of benzene rings is 1. The van der Waals surface area contributed by atoms with Crippen LogP contribution in [0.1, 0.15) is 31.2 Å². The molecule has 0 radical (unpaired) electrons. The normalized spacial score (nSPS) is 24.6. The average Bonchev–Trinajstić information content (AvgIpc) is 2.31. The first-order valence-corrected chi connectivity index (χ1v) is 8.81. The molecule has 1 N–H and O–H groups in total. The quantitative estimate of drug-likeness (QED) is 0.869. The summed E-state index contributed by atoms with van der Waals surface area (Å²) in [6.45, 7) is 2.86. The highest BCUT2D eigenvalue weighted by atomic mass is 79.9. The van der Waals surface area contributed by atoms with Gasteiger partial charge in [0, 0.05) is 39.4 Å². The van der Waals surface area contributed by atoms with E-state index in [1.165, 1.54) is 18.4 Å². The van der Waals surface area contributed by atoms with E-state index in [1.807, 2.05) is 6.92 Å². The van der Waals surface area contributed by atoms with Crippen molar-refractivity contribution >= 4 is 26.7 Å². The zero-order chi connectivity index (χ0) is 13.0. The fourth-order valence-corrected chi connectivity index (χ4v) is 3.39. The van der Waals surface area contributed by atoms with Crippen molar-refractivity contribution < 1.29 is 4.21 Å². The van der Waals surface area contributed by atoms with Gasteiger partial charge >= 0.3 is 0 Å². The highest BCUT2D eigenvalue weighted by Crippen LogP contribution is 2.37. The topological polar surface area (TPSA) is 29.1 Å². The molecule has 1 atom stereocenters. The third kappa shape index (κ3) is 3.90. The largest absolute Gasteiger partial charge is 0.313 e. The van der Waals surface area contributed by atoms with Gasteiger partial charge < -0.3 is 5.32 Å². The van der Waals surface area contributed by atoms with Gasteiger partial charge in [-0.1, -0.05) is 35.0 Å². The monoisotopic (exact) mass is 329 g/mol. The summed E-state index contributed by atoms with van der Waals surface area (Å²) >= 11 is 3.52. The predicted molar refractivity (Wildman–Crippen MR) is 81.5 cm³/mol. The molecule has 0 saturated heterocycles. The summed E-state index contributed by atoms with van der Waals surface area (Å²) in [6.07, 6.45) is 2.41. The molecule has 0 heterocycles. The summed E-state index contributed by atoms with van der Waals surface area (Å²) < 4.78 is 12.5. The van der Waals surface area contributed by atoms with E-state index in [1.54, 1.807) is 0 Å². The Balaban J connectivity index is 1.69. The number of halogens is 1. The molecule has 0 aromatic heterocycles. The third-order valence-corrected chi connectivity index (χ3v) is 5.34. The molecule has 0 amide bonds. The molecular formula is C14H20BrNOS. The molecule has 0 aliphatic heterocycles. The molecule has 1 saturated carbocycles. The lowest BCUT2D eigenvalue weighted by Gasteiger charge is -2.36. The van der Waals surface area contributed by atoms with Crippen LogP contribution in [0.15, 0.2) is 28.7 Å². The van der Waals surface area contributed by atoms with Crippen LogP contribution in [0.2, 0.25) is 0 Å². The Morgan fingerprint density at radius 1 is 1.44 bits per heavy atom. The van der Waals surface area contributed by atoms with Gasteiger partial charge in [-0.15, -0.1) is 0 Å². The number of nitrogens with one attached hydrogen (secondary N) is 1. The molecule has 1 unspecified atom stereocenters. The maximum Gasteiger partial charge on any atom is 0.0360 e. The zero-order valence-corrected chi connectivity index (χ0v) is 13.1. The second kappa shape index (κ2) is 6.83. The molecule has 100 valence electrons. The molecular weight excluding hydrogens is 310 g/mol. The SMILES string of the molecule is CCS(=O)CCNC1CC(c2cccc(Br)c2)C1. The Kier molecular flexibility index (Phi) is 5.39. The summed E-state index contributed by atoms with van der Waals surface area (Å²) in [5.41, 5.74) is 1.43. The van der Waals surface area contributed by atoms with E-state index in [9.17, 15) is 4.21 Å². The van der Waals surface area contributed by atoms with Crippen LogP contribution >= 0.6 is 15.9 Å². The van der Waals surface area contributed by atoms with Crippen LogP contribution in [-0.2, 0) is 10.8 Å². The van der Waals surface area contributed by atoms with Gasteiger partial charge in [0.15, 0.2) is 0 Å². The first-order valence-electron chi connectivity index (χ1n) is 6.53. The van der Waals surface area contributed by atoms with Crippen molar-refractivity contribution in [1.29, 1.82) is 0 Å². The Hall–Kier alpha value is -0.190. The summed E-state index contributed by atoms with van der Waals surface area (Å²) in [7, 11) is -0.638. The van der Waals surface area contributed by atoms with E-state index in [-0.39, 0.29) is 0 Å². The van der Waals surface area contributed by atoms with E-state index in [0.29, 0.717) is 12.0 Å². The van der Waals surface area contributed by atoms with E-state index < -0.39 is 10.8 Å². The van der Waals surface area contributed by atoms with Crippen LogP contribution in [0, 0.1) is 0 Å². The molecule has 0 spiro atoms. The fourth-order valence-electron chi connectivity index (χ4n) is 2.34. The number of hydrogen-bond acceptors (Lipinski definition) is 2. The molecule has 18 heavy (non-hydrogen) atoms. The Labute approximate surface area is 120 Å². The van der Waals surface area contributed by atoms with Gasteiger partial charge in [0.05, 0.1) is 0 Å². The zero-order valence-electron chi connectivity index (χ0n) is 10.7. The molecule has 1 aromatic rings. The maximum absolute atomic E-state index is 11.3. The van der Waals surface area contributed by atoms with Gasteiger partial charge in [-0.3, -0.25) is 4.21 Å². The van der Waals surface area contributed by atoms with Crippen LogP contribution in [-0.4, -0.2) is 28.3 Å². The smallest absolute Gasteiger partial charge is 0.0360 e. The van der Waals surface area contributed by atoms with E-state index in [0.717, 1.165) is 22.5 Å². The van der Waals surface area contributed by atoms with Gasteiger partial charge in [-0.05, 0) is 36.5 Å². The van der Waals surface area contributed by atoms with Crippen molar-refractivity contribution in [2.24, 2.45) is 0 Å². The summed E-state index contributed by atoms with van der Waals surface area (Å²) in [5.74, 6) is 2.25. The van der Waals surface area contributed by atoms with Crippen molar-refractivity contribution in [3.63, 3.8) is 0 Å². The van der Waals surface area contributed by atoms with Crippen molar-refractivity contribution in [2.45, 2.75) is 31.7 Å². The standard InChI is InChI=1S/C14H20BrNOS/c1-2-18(17)7-6-16-14-9-12(10-14)11-4-3-5-13(15)8-11/h3-5,8,12,14,16H,2,6-7,9-10H2,1H3. The number of hydrogen-bond donors (Lipinski definition) is 1. The molecule has 0 bridgehead atoms. The van der Waals surface area contributed by atoms with E-state index in [4.69, 9.17) is 0 Å². The van der Waals surface area contributed by atoms with Gasteiger partial charge in [0.2, 0.25) is 0 Å². The summed E-state index contributed by atoms with van der Waals surface area (Å²) in [5, 5.41) is 3.49. The van der Waals surface area contributed by atoms with Gasteiger partial charge in [-0.25, -0.2) is 0 Å². The van der Waals surface area contributed by atoms with Crippen molar-refractivity contribution in [3.8, 4) is 0 Å². The lowest BCUT2D eigenvalue weighted by Crippen LogP contribution is -2.41. The van der Waals surface area contributed by atoms with Crippen LogP contribution in [0.5, 0.6) is 0 Å². The van der Waals surface area contributed by atoms with Crippen molar-refractivity contribution in [1.82, 2.24) is 5.32 Å². The van der Waals surface area contributed by atoms with Crippen molar-refractivity contribution in [2.75, 3.05) is 18.1 Å². The first kappa shape index (κ1) is 14.2. The van der Waals surface area contributed by atoms with Crippen molar-refractivity contribution in [3.05, 3.63) is 34.3 Å². The van der Waals surface area contributed by atoms with Crippen LogP contribution in [0.4, 0.5) is 0 Å². The minimum absolute atomic E-state index is 0.614. The van der Waals surface area contributed by atoms with Crippen LogP contribution in [0.25, 0.3) is 0 Å². The highest BCUT2D eigenvalue weighted by molar-refractivity contribution is 9.10. The summed E-state index contributed by atoms with van der Waals surface area (Å²) in [4.78, 5) is 0. The molecule has 1 aliphatic carbocycles. The molecule has 1 fully saturated rings. The molecule has 1 aliphatic rings. The molecule has 2 rings (SSSR count). The van der Waals surface area contributed by atoms with E-state index >= 15 is 0 Å². The Morgan fingerprint density at radius 3 is 2.89 bits per heavy atom. The Morgan fingerprint density at radius 2 is 2.22 bits per heavy atom. The lowest BCUT2D eigenvalue weighted by molar-refractivity contribution is 0.296. The van der Waals surface area contributed by atoms with Gasteiger partial charge in [0.1, 0.15) is 0 Å². The maximum atomic E-state index is 11.3. The lowest BCUT2D eigenvalue weighted by atomic mass is 9.76. The summed E-state index contributed by atoms with van der Waals surface area (Å²) in [6, 6.07) is 9.20. The molecule has 4 heteroatoms. The van der Waals surface area contributed by atoms with E-state index in [2.05, 4.69) is 45.5 Å². The van der Waals surface area contributed by atoms with Crippen LogP contribution < -0.4 is 5.32 Å². The first-order chi connectivity index (χ1) is 8.69. The van der Waals surface area contributed by atoms with Crippen LogP contribution in [0.3, 0.4) is 0 Å². The third-order valence-electron chi connectivity index (χ3n) is 3.54. The average molecular weight is 330 g/mol. The predicted octanol–water partition coefficient (Wildman–Crippen LogP) is 3.05. The minimum Gasteiger partial charge on any atom is -0.313 e. The minimum atomic E-state index is -0.638. The second-order valence-corrected chi connectivity index (χ2v) is 7.59. The number of rotatable bonds is 6. The van der Waals surface area contributed by atoms with Gasteiger partial charge in [0.25, 0.3) is 0 Å². The molecule has 1 aromatic carbocycles. The van der Waals surface area contributed by atoms with Gasteiger partial charge in [-0.2, -0.15) is 0 Å². The second-order valence-electron chi connectivity index (χ2n) is 4.81. The Bertz CT molecular complexity index is 418.